The van der Waals surface area contributed by atoms with Gasteiger partial charge in [-0.25, -0.2) is 4.79 Å². The summed E-state index contributed by atoms with van der Waals surface area (Å²) in [4.78, 5) is 27.0. The van der Waals surface area contributed by atoms with Crippen molar-refractivity contribution in [2.45, 2.75) is 35.6 Å². The summed E-state index contributed by atoms with van der Waals surface area (Å²) in [7, 11) is 0. The summed E-state index contributed by atoms with van der Waals surface area (Å²) in [5.74, 6) is -0.438. The van der Waals surface area contributed by atoms with E-state index in [0.29, 0.717) is 17.9 Å². The topological polar surface area (TPSA) is 46.6 Å². The fourth-order valence-electron chi connectivity index (χ4n) is 3.39. The molecule has 6 heteroatoms. The molecule has 1 saturated heterocycles. The van der Waals surface area contributed by atoms with Gasteiger partial charge in [0.1, 0.15) is 6.10 Å². The summed E-state index contributed by atoms with van der Waals surface area (Å²) in [6.07, 6.45) is 0.299. The monoisotopic (exact) mass is 373 g/mol. The van der Waals surface area contributed by atoms with Gasteiger partial charge in [0.25, 0.3) is 0 Å². The molecule has 2 aromatic carbocycles. The summed E-state index contributed by atoms with van der Waals surface area (Å²) >= 11 is 7.61. The van der Waals surface area contributed by atoms with Crippen LogP contribution >= 0.6 is 23.4 Å². The maximum absolute atomic E-state index is 13.1. The minimum absolute atomic E-state index is 0.0419. The van der Waals surface area contributed by atoms with Gasteiger partial charge in [-0.05, 0) is 25.1 Å². The minimum atomic E-state index is -1.00. The highest BCUT2D eigenvalue weighted by molar-refractivity contribution is 8.02. The maximum Gasteiger partial charge on any atom is 0.344 e. The zero-order valence-electron chi connectivity index (χ0n) is 13.6. The molecule has 2 atom stereocenters. The Hall–Kier alpha value is -1.98. The van der Waals surface area contributed by atoms with E-state index in [4.69, 9.17) is 16.3 Å². The van der Waals surface area contributed by atoms with Crippen molar-refractivity contribution in [2.75, 3.05) is 4.90 Å². The van der Waals surface area contributed by atoms with E-state index in [-0.39, 0.29) is 5.91 Å². The smallest absolute Gasteiger partial charge is 0.344 e. The second-order valence-corrected chi connectivity index (χ2v) is 7.88. The van der Waals surface area contributed by atoms with Crippen LogP contribution in [-0.2, 0) is 14.3 Å². The van der Waals surface area contributed by atoms with Gasteiger partial charge in [0.05, 0.1) is 5.69 Å². The summed E-state index contributed by atoms with van der Waals surface area (Å²) in [5.41, 5.74) is 1.54. The second kappa shape index (κ2) is 6.07. The minimum Gasteiger partial charge on any atom is -0.455 e. The fraction of sp³-hybridized carbons (Fsp3) is 0.263. The molecule has 4 nitrogen and oxygen atoms in total. The van der Waals surface area contributed by atoms with Crippen LogP contribution in [0.25, 0.3) is 0 Å². The van der Waals surface area contributed by atoms with Crippen molar-refractivity contribution in [3.63, 3.8) is 0 Å². The van der Waals surface area contributed by atoms with Crippen LogP contribution in [0.2, 0.25) is 5.02 Å². The first-order chi connectivity index (χ1) is 12.0. The van der Waals surface area contributed by atoms with Crippen LogP contribution in [0.5, 0.6) is 0 Å². The van der Waals surface area contributed by atoms with Crippen LogP contribution in [0.15, 0.2) is 53.4 Å². The molecule has 25 heavy (non-hydrogen) atoms. The predicted octanol–water partition coefficient (Wildman–Crippen LogP) is 4.57. The highest BCUT2D eigenvalue weighted by Crippen LogP contribution is 2.56. The van der Waals surface area contributed by atoms with Crippen LogP contribution in [0, 0.1) is 0 Å². The molecule has 0 unspecified atom stereocenters. The maximum atomic E-state index is 13.1. The SMILES string of the molecule is C[C@@H](OC(=O)[C@]12CCC(=O)N1c1ccccc1S2)c1ccccc1Cl. The third kappa shape index (κ3) is 2.53. The van der Waals surface area contributed by atoms with Crippen molar-refractivity contribution >= 4 is 40.9 Å². The summed E-state index contributed by atoms with van der Waals surface area (Å²) in [6.45, 7) is 1.80. The number of amides is 1. The normalized spacial score (nSPS) is 22.5. The van der Waals surface area contributed by atoms with Gasteiger partial charge in [-0.15, -0.1) is 0 Å². The lowest BCUT2D eigenvalue weighted by Gasteiger charge is -2.30. The average Bonchev–Trinajstić information content (AvgIpc) is 3.11. The molecule has 0 aliphatic carbocycles. The fourth-order valence-corrected chi connectivity index (χ4v) is 5.08. The van der Waals surface area contributed by atoms with Crippen molar-refractivity contribution in [3.05, 3.63) is 59.1 Å². The van der Waals surface area contributed by atoms with Gasteiger partial charge in [0.2, 0.25) is 5.91 Å². The van der Waals surface area contributed by atoms with E-state index in [9.17, 15) is 9.59 Å². The number of fused-ring (bicyclic) bond motifs is 3. The number of halogens is 1. The Labute approximate surface area is 155 Å². The molecule has 4 rings (SSSR count). The number of hydrogen-bond donors (Lipinski definition) is 0. The summed E-state index contributed by atoms with van der Waals surface area (Å²) in [5, 5.41) is 0.557. The Kier molecular flexibility index (Phi) is 4.01. The molecular formula is C19H16ClNO3S. The molecule has 2 aromatic rings. The number of para-hydroxylation sites is 1. The van der Waals surface area contributed by atoms with Gasteiger partial charge in [-0.3, -0.25) is 9.69 Å². The first-order valence-electron chi connectivity index (χ1n) is 8.09. The lowest BCUT2D eigenvalue weighted by Crippen LogP contribution is -2.48. The number of benzene rings is 2. The molecule has 0 radical (unpaired) electrons. The molecule has 128 valence electrons. The third-order valence-corrected chi connectivity index (χ3v) is 6.42. The van der Waals surface area contributed by atoms with E-state index in [1.54, 1.807) is 17.9 Å². The van der Waals surface area contributed by atoms with E-state index in [2.05, 4.69) is 0 Å². The molecule has 1 fully saturated rings. The molecule has 2 aliphatic heterocycles. The Morgan fingerprint density at radius 3 is 2.76 bits per heavy atom. The lowest BCUT2D eigenvalue weighted by molar-refractivity contribution is -0.151. The largest absolute Gasteiger partial charge is 0.455 e. The Morgan fingerprint density at radius 1 is 1.24 bits per heavy atom. The molecule has 0 aromatic heterocycles. The van der Waals surface area contributed by atoms with E-state index >= 15 is 0 Å². The summed E-state index contributed by atoms with van der Waals surface area (Å²) in [6, 6.07) is 14.9. The van der Waals surface area contributed by atoms with Crippen LogP contribution in [0.4, 0.5) is 5.69 Å². The van der Waals surface area contributed by atoms with Gasteiger partial charge in [0.15, 0.2) is 4.87 Å². The molecule has 2 aliphatic rings. The first-order valence-corrected chi connectivity index (χ1v) is 9.29. The van der Waals surface area contributed by atoms with Crippen molar-refractivity contribution in [2.24, 2.45) is 0 Å². The van der Waals surface area contributed by atoms with Gasteiger partial charge in [-0.1, -0.05) is 53.7 Å². The number of thioether (sulfide) groups is 1. The molecule has 0 saturated carbocycles. The van der Waals surface area contributed by atoms with Gasteiger partial charge in [-0.2, -0.15) is 0 Å². The van der Waals surface area contributed by atoms with Gasteiger partial charge < -0.3 is 4.74 Å². The lowest BCUT2D eigenvalue weighted by atomic mass is 10.1. The number of nitrogens with zero attached hydrogens (tertiary/aromatic N) is 1. The number of rotatable bonds is 3. The van der Waals surface area contributed by atoms with E-state index in [1.165, 1.54) is 11.8 Å². The van der Waals surface area contributed by atoms with Gasteiger partial charge in [0, 0.05) is 28.3 Å². The Morgan fingerprint density at radius 2 is 1.96 bits per heavy atom. The highest BCUT2D eigenvalue weighted by atomic mass is 35.5. The number of esters is 1. The first kappa shape index (κ1) is 16.5. The van der Waals surface area contributed by atoms with Crippen molar-refractivity contribution < 1.29 is 14.3 Å². The van der Waals surface area contributed by atoms with Crippen LogP contribution < -0.4 is 4.90 Å². The van der Waals surface area contributed by atoms with E-state index in [0.717, 1.165) is 16.1 Å². The predicted molar refractivity (Wildman–Crippen MR) is 97.7 cm³/mol. The highest BCUT2D eigenvalue weighted by Gasteiger charge is 2.58. The number of ether oxygens (including phenoxy) is 1. The van der Waals surface area contributed by atoms with Gasteiger partial charge >= 0.3 is 5.97 Å². The number of anilines is 1. The molecular weight excluding hydrogens is 358 g/mol. The van der Waals surface area contributed by atoms with Crippen molar-refractivity contribution in [1.82, 2.24) is 0 Å². The standard InChI is InChI=1S/C19H16ClNO3S/c1-12(13-6-2-3-7-14(13)20)24-18(23)19-11-10-17(22)21(19)15-8-4-5-9-16(15)25-19/h2-9,12H,10-11H2,1H3/t12-,19-/m1/s1. The van der Waals surface area contributed by atoms with Crippen molar-refractivity contribution in [1.29, 1.82) is 0 Å². The number of hydrogen-bond acceptors (Lipinski definition) is 4. The van der Waals surface area contributed by atoms with Crippen LogP contribution in [0.1, 0.15) is 31.4 Å². The Bertz CT molecular complexity index is 871. The second-order valence-electron chi connectivity index (χ2n) is 6.15. The quantitative estimate of drug-likeness (QED) is 0.739. The molecule has 0 spiro atoms. The molecule has 1 amide bonds. The van der Waals surface area contributed by atoms with Crippen LogP contribution in [0.3, 0.4) is 0 Å². The van der Waals surface area contributed by atoms with E-state index in [1.807, 2.05) is 42.5 Å². The summed E-state index contributed by atoms with van der Waals surface area (Å²) < 4.78 is 5.75. The molecule has 2 heterocycles. The average molecular weight is 374 g/mol. The zero-order valence-corrected chi connectivity index (χ0v) is 15.1. The molecule has 0 N–H and O–H groups in total. The number of carbonyl (C=O) groups is 2. The van der Waals surface area contributed by atoms with E-state index < -0.39 is 16.9 Å². The molecule has 0 bridgehead atoms. The zero-order chi connectivity index (χ0) is 17.6. The Balaban J connectivity index is 1.64. The van der Waals surface area contributed by atoms with Crippen molar-refractivity contribution in [3.8, 4) is 0 Å². The van der Waals surface area contributed by atoms with Crippen LogP contribution in [-0.4, -0.2) is 16.7 Å². The third-order valence-electron chi connectivity index (χ3n) is 4.62. The number of carbonyl (C=O) groups excluding carboxylic acids is 2.